The lowest BCUT2D eigenvalue weighted by Gasteiger charge is -2.13. The average Bonchev–Trinajstić information content (AvgIpc) is 2.92. The third-order valence-corrected chi connectivity index (χ3v) is 4.01. The lowest BCUT2D eigenvalue weighted by Crippen LogP contribution is -1.99. The summed E-state index contributed by atoms with van der Waals surface area (Å²) in [7, 11) is 0. The molecule has 1 radical (unpaired) electrons. The Balaban J connectivity index is 2.09. The van der Waals surface area contributed by atoms with Gasteiger partial charge in [-0.2, -0.15) is 0 Å². The molecule has 1 heteroatoms. The molecule has 0 fully saturated rings. The fraction of sp³-hybridized carbons (Fsp3) is 0.211. The second-order valence-corrected chi connectivity index (χ2v) is 5.21. The van der Waals surface area contributed by atoms with Crippen molar-refractivity contribution in [3.05, 3.63) is 78.3 Å². The van der Waals surface area contributed by atoms with Crippen LogP contribution in [0.2, 0.25) is 0 Å². The molecule has 20 heavy (non-hydrogen) atoms. The summed E-state index contributed by atoms with van der Waals surface area (Å²) in [4.78, 5) is 3.62. The molecular weight excluding hydrogens is 242 g/mol. The van der Waals surface area contributed by atoms with Crippen LogP contribution in [-0.2, 0) is 6.42 Å². The van der Waals surface area contributed by atoms with Gasteiger partial charge < -0.3 is 4.98 Å². The third kappa shape index (κ3) is 2.24. The molecule has 0 aliphatic heterocycles. The predicted octanol–water partition coefficient (Wildman–Crippen LogP) is 5.09. The number of para-hydroxylation sites is 1. The normalized spacial score (nSPS) is 12.7. The van der Waals surface area contributed by atoms with E-state index < -0.39 is 0 Å². The largest absolute Gasteiger partial charge is 0.358 e. The van der Waals surface area contributed by atoms with E-state index in [2.05, 4.69) is 73.4 Å². The maximum absolute atomic E-state index is 4.13. The average molecular weight is 262 g/mol. The van der Waals surface area contributed by atoms with Crippen LogP contribution < -0.4 is 0 Å². The molecule has 3 aromatic rings. The number of nitrogens with one attached hydrogen (secondary N) is 1. The van der Waals surface area contributed by atoms with Crippen LogP contribution in [0.4, 0.5) is 0 Å². The molecule has 2 aromatic carbocycles. The van der Waals surface area contributed by atoms with Gasteiger partial charge in [0.05, 0.1) is 0 Å². The maximum Gasteiger partial charge on any atom is 0.0488 e. The van der Waals surface area contributed by atoms with Crippen molar-refractivity contribution in [1.29, 1.82) is 0 Å². The van der Waals surface area contributed by atoms with Crippen molar-refractivity contribution in [2.75, 3.05) is 0 Å². The second-order valence-electron chi connectivity index (χ2n) is 5.21. The van der Waals surface area contributed by atoms with Gasteiger partial charge in [-0.25, -0.2) is 0 Å². The van der Waals surface area contributed by atoms with Crippen molar-refractivity contribution in [2.24, 2.45) is 0 Å². The Morgan fingerprint density at radius 2 is 1.85 bits per heavy atom. The van der Waals surface area contributed by atoms with Crippen molar-refractivity contribution in [2.45, 2.75) is 25.7 Å². The lowest BCUT2D eigenvalue weighted by atomic mass is 9.93. The van der Waals surface area contributed by atoms with E-state index in [0.717, 1.165) is 12.8 Å². The zero-order valence-corrected chi connectivity index (χ0v) is 11.9. The number of aromatic amines is 1. The van der Waals surface area contributed by atoms with E-state index in [1.54, 1.807) is 0 Å². The summed E-state index contributed by atoms with van der Waals surface area (Å²) in [6.07, 6.45) is 1.91. The van der Waals surface area contributed by atoms with Crippen molar-refractivity contribution in [1.82, 2.24) is 4.98 Å². The minimum atomic E-state index is 0.341. The summed E-state index contributed by atoms with van der Waals surface area (Å²) in [5.41, 5.74) is 5.25. The summed E-state index contributed by atoms with van der Waals surface area (Å²) in [6.45, 7) is 6.33. The summed E-state index contributed by atoms with van der Waals surface area (Å²) in [5.74, 6) is 0.341. The standard InChI is InChI=1S/C19H20N/c1-3-14-11-8-12-16-13-18(20-19(14)16)17(4-2)15-9-6-5-7-10-15/h5-13,17,20H,2-4H2,1H3. The highest BCUT2D eigenvalue weighted by atomic mass is 14.7. The number of H-pyrrole nitrogens is 1. The van der Waals surface area contributed by atoms with Gasteiger partial charge in [0.25, 0.3) is 0 Å². The van der Waals surface area contributed by atoms with Gasteiger partial charge in [-0.05, 0) is 35.4 Å². The van der Waals surface area contributed by atoms with Crippen molar-refractivity contribution in [3.8, 4) is 0 Å². The van der Waals surface area contributed by atoms with Crippen molar-refractivity contribution >= 4 is 10.9 Å². The van der Waals surface area contributed by atoms with E-state index >= 15 is 0 Å². The van der Waals surface area contributed by atoms with E-state index in [1.807, 2.05) is 0 Å². The summed E-state index contributed by atoms with van der Waals surface area (Å²) in [6, 6.07) is 19.4. The van der Waals surface area contributed by atoms with Gasteiger partial charge >= 0.3 is 0 Å². The number of rotatable bonds is 4. The van der Waals surface area contributed by atoms with E-state index in [-0.39, 0.29) is 0 Å². The fourth-order valence-corrected chi connectivity index (χ4v) is 2.91. The molecule has 1 N–H and O–H groups in total. The van der Waals surface area contributed by atoms with E-state index in [0.29, 0.717) is 5.92 Å². The van der Waals surface area contributed by atoms with Crippen LogP contribution in [0.1, 0.15) is 36.1 Å². The molecule has 0 aliphatic rings. The highest BCUT2D eigenvalue weighted by molar-refractivity contribution is 5.83. The SMILES string of the molecule is [CH2]CC(c1ccccc1)c1cc2cccc(CC)c2[nH]1. The molecule has 0 saturated carbocycles. The van der Waals surface area contributed by atoms with E-state index in [9.17, 15) is 0 Å². The van der Waals surface area contributed by atoms with E-state index in [1.165, 1.54) is 27.7 Å². The molecule has 1 unspecified atom stereocenters. The van der Waals surface area contributed by atoms with E-state index in [4.69, 9.17) is 0 Å². The Morgan fingerprint density at radius 1 is 1.05 bits per heavy atom. The van der Waals surface area contributed by atoms with Crippen LogP contribution in [-0.4, -0.2) is 4.98 Å². The fourth-order valence-electron chi connectivity index (χ4n) is 2.91. The smallest absolute Gasteiger partial charge is 0.0488 e. The number of hydrogen-bond donors (Lipinski definition) is 1. The topological polar surface area (TPSA) is 15.8 Å². The zero-order chi connectivity index (χ0) is 13.9. The van der Waals surface area contributed by atoms with Crippen molar-refractivity contribution < 1.29 is 0 Å². The lowest BCUT2D eigenvalue weighted by molar-refractivity contribution is 0.802. The first kappa shape index (κ1) is 13.0. The molecule has 101 valence electrons. The number of aryl methyl sites for hydroxylation is 1. The highest BCUT2D eigenvalue weighted by Gasteiger charge is 2.15. The third-order valence-electron chi connectivity index (χ3n) is 4.01. The van der Waals surface area contributed by atoms with Gasteiger partial charge in [0.2, 0.25) is 0 Å². The molecule has 0 aliphatic carbocycles. The minimum absolute atomic E-state index is 0.341. The van der Waals surface area contributed by atoms with Gasteiger partial charge in [-0.15, -0.1) is 0 Å². The molecule has 0 spiro atoms. The predicted molar refractivity (Wildman–Crippen MR) is 85.9 cm³/mol. The summed E-state index contributed by atoms with van der Waals surface area (Å²) < 4.78 is 0. The Hall–Kier alpha value is -2.02. The number of hydrogen-bond acceptors (Lipinski definition) is 0. The van der Waals surface area contributed by atoms with Gasteiger partial charge in [0.15, 0.2) is 0 Å². The van der Waals surface area contributed by atoms with Crippen LogP contribution in [0.15, 0.2) is 54.6 Å². The van der Waals surface area contributed by atoms with Crippen LogP contribution in [0.3, 0.4) is 0 Å². The van der Waals surface area contributed by atoms with Crippen LogP contribution in [0.25, 0.3) is 10.9 Å². The molecule has 0 bridgehead atoms. The molecule has 0 amide bonds. The highest BCUT2D eigenvalue weighted by Crippen LogP contribution is 2.30. The van der Waals surface area contributed by atoms with Gasteiger partial charge in [-0.3, -0.25) is 0 Å². The summed E-state index contributed by atoms with van der Waals surface area (Å²) >= 11 is 0. The summed E-state index contributed by atoms with van der Waals surface area (Å²) in [5, 5.41) is 1.30. The Bertz CT molecular complexity index is 694. The molecular formula is C19H20N. The molecule has 1 atom stereocenters. The molecule has 0 saturated heterocycles. The number of aromatic nitrogens is 1. The Kier molecular flexibility index (Phi) is 3.60. The Morgan fingerprint density at radius 3 is 2.55 bits per heavy atom. The molecule has 1 aromatic heterocycles. The van der Waals surface area contributed by atoms with Gasteiger partial charge in [0.1, 0.15) is 0 Å². The minimum Gasteiger partial charge on any atom is -0.358 e. The van der Waals surface area contributed by atoms with Crippen LogP contribution in [0, 0.1) is 6.92 Å². The van der Waals surface area contributed by atoms with Gasteiger partial charge in [0, 0.05) is 17.1 Å². The maximum atomic E-state index is 4.13. The number of fused-ring (bicyclic) bond motifs is 1. The monoisotopic (exact) mass is 262 g/mol. The first-order valence-corrected chi connectivity index (χ1v) is 7.28. The first-order chi connectivity index (χ1) is 9.83. The first-order valence-electron chi connectivity index (χ1n) is 7.28. The second kappa shape index (κ2) is 5.54. The Labute approximate surface area is 120 Å². The molecule has 3 rings (SSSR count). The van der Waals surface area contributed by atoms with Crippen LogP contribution >= 0.6 is 0 Å². The van der Waals surface area contributed by atoms with Crippen molar-refractivity contribution in [3.63, 3.8) is 0 Å². The van der Waals surface area contributed by atoms with Gasteiger partial charge in [-0.1, -0.05) is 62.4 Å². The molecule has 1 nitrogen and oxygen atoms in total. The quantitative estimate of drug-likeness (QED) is 0.674. The zero-order valence-electron chi connectivity index (χ0n) is 11.9. The molecule has 1 heterocycles. The number of benzene rings is 2. The van der Waals surface area contributed by atoms with Crippen LogP contribution in [0.5, 0.6) is 0 Å².